The molecule has 1 aromatic rings. The third-order valence-electron chi connectivity index (χ3n) is 2.26. The van der Waals surface area contributed by atoms with Gasteiger partial charge in [0.1, 0.15) is 0 Å². The van der Waals surface area contributed by atoms with Crippen LogP contribution in [0.2, 0.25) is 0 Å². The van der Waals surface area contributed by atoms with Gasteiger partial charge in [-0.05, 0) is 39.3 Å². The average Bonchev–Trinajstić information content (AvgIpc) is 2.27. The van der Waals surface area contributed by atoms with Crippen LogP contribution in [-0.4, -0.2) is 17.1 Å². The van der Waals surface area contributed by atoms with Crippen LogP contribution in [-0.2, 0) is 17.9 Å². The molecule has 0 aliphatic heterocycles. The minimum atomic E-state index is 0.121. The van der Waals surface area contributed by atoms with E-state index in [9.17, 15) is 0 Å². The first-order valence-corrected chi connectivity index (χ1v) is 6.29. The first kappa shape index (κ1) is 14.1. The molecule has 0 aliphatic rings. The highest BCUT2D eigenvalue weighted by molar-refractivity contribution is 5.10. The molecule has 0 unspecified atom stereocenters. The summed E-state index contributed by atoms with van der Waals surface area (Å²) in [4.78, 5) is 4.56. The molecule has 1 N–H and O–H groups in total. The topological polar surface area (TPSA) is 34.1 Å². The third-order valence-corrected chi connectivity index (χ3v) is 2.26. The molecule has 0 saturated heterocycles. The quantitative estimate of drug-likeness (QED) is 0.771. The molecule has 0 radical (unpaired) electrons. The molecule has 17 heavy (non-hydrogen) atoms. The summed E-state index contributed by atoms with van der Waals surface area (Å²) in [6.07, 6.45) is 1.05. The normalized spacial score (nSPS) is 11.8. The fourth-order valence-corrected chi connectivity index (χ4v) is 1.38. The van der Waals surface area contributed by atoms with Crippen molar-refractivity contribution in [2.45, 2.75) is 52.8 Å². The first-order chi connectivity index (χ1) is 8.01. The Morgan fingerprint density at radius 2 is 1.94 bits per heavy atom. The van der Waals surface area contributed by atoms with Crippen LogP contribution in [0.1, 0.15) is 45.5 Å². The van der Waals surface area contributed by atoms with Gasteiger partial charge in [0.05, 0.1) is 18.0 Å². The predicted octanol–water partition coefficient (Wildman–Crippen LogP) is 2.90. The number of ether oxygens (including phenoxy) is 1. The van der Waals surface area contributed by atoms with Crippen LogP contribution in [0.3, 0.4) is 0 Å². The summed E-state index contributed by atoms with van der Waals surface area (Å²) < 4.78 is 5.49. The lowest BCUT2D eigenvalue weighted by Crippen LogP contribution is -2.35. The van der Waals surface area contributed by atoms with Crippen molar-refractivity contribution in [3.05, 3.63) is 29.6 Å². The van der Waals surface area contributed by atoms with Gasteiger partial charge >= 0.3 is 0 Å². The lowest BCUT2D eigenvalue weighted by atomic mass is 10.1. The van der Waals surface area contributed by atoms with Crippen LogP contribution in [0.4, 0.5) is 0 Å². The van der Waals surface area contributed by atoms with Crippen molar-refractivity contribution in [3.63, 3.8) is 0 Å². The van der Waals surface area contributed by atoms with E-state index in [0.29, 0.717) is 6.61 Å². The molecule has 1 heterocycles. The van der Waals surface area contributed by atoms with E-state index in [-0.39, 0.29) is 5.54 Å². The number of rotatable bonds is 6. The molecule has 0 fully saturated rings. The number of nitrogens with one attached hydrogen (secondary N) is 1. The third kappa shape index (κ3) is 6.39. The van der Waals surface area contributed by atoms with E-state index in [4.69, 9.17) is 4.74 Å². The number of nitrogens with zero attached hydrogens (tertiary/aromatic N) is 1. The van der Waals surface area contributed by atoms with Gasteiger partial charge in [0.25, 0.3) is 0 Å². The van der Waals surface area contributed by atoms with Crippen LogP contribution in [0, 0.1) is 0 Å². The summed E-state index contributed by atoms with van der Waals surface area (Å²) in [6, 6.07) is 6.09. The van der Waals surface area contributed by atoms with Crippen LogP contribution >= 0.6 is 0 Å². The minimum Gasteiger partial charge on any atom is -0.375 e. The highest BCUT2D eigenvalue weighted by Gasteiger charge is 2.08. The zero-order chi connectivity index (χ0) is 12.7. The second-order valence-corrected chi connectivity index (χ2v) is 5.28. The molecule has 0 aromatic carbocycles. The second-order valence-electron chi connectivity index (χ2n) is 5.28. The Hall–Kier alpha value is -0.930. The van der Waals surface area contributed by atoms with Crippen molar-refractivity contribution in [2.24, 2.45) is 0 Å². The van der Waals surface area contributed by atoms with Gasteiger partial charge in [-0.25, -0.2) is 0 Å². The molecular formula is C14H24N2O. The average molecular weight is 236 g/mol. The minimum absolute atomic E-state index is 0.121. The van der Waals surface area contributed by atoms with Crippen molar-refractivity contribution in [3.8, 4) is 0 Å². The van der Waals surface area contributed by atoms with Crippen molar-refractivity contribution in [1.29, 1.82) is 0 Å². The second kappa shape index (κ2) is 6.72. The molecule has 0 bridgehead atoms. The molecule has 0 atom stereocenters. The van der Waals surface area contributed by atoms with Crippen LogP contribution < -0.4 is 5.32 Å². The van der Waals surface area contributed by atoms with Gasteiger partial charge in [-0.2, -0.15) is 0 Å². The molecule has 0 saturated carbocycles. The van der Waals surface area contributed by atoms with Crippen molar-refractivity contribution in [1.82, 2.24) is 10.3 Å². The van der Waals surface area contributed by atoms with Crippen LogP contribution in [0.15, 0.2) is 18.2 Å². The number of aromatic nitrogens is 1. The molecular weight excluding hydrogens is 212 g/mol. The molecule has 1 aromatic heterocycles. The maximum absolute atomic E-state index is 5.49. The zero-order valence-corrected chi connectivity index (χ0v) is 11.4. The Kier molecular flexibility index (Phi) is 5.59. The summed E-state index contributed by atoms with van der Waals surface area (Å²) in [5.74, 6) is 0. The maximum Gasteiger partial charge on any atom is 0.0887 e. The van der Waals surface area contributed by atoms with Crippen LogP contribution in [0.25, 0.3) is 0 Å². The highest BCUT2D eigenvalue weighted by Crippen LogP contribution is 2.05. The van der Waals surface area contributed by atoms with Gasteiger partial charge in [0.2, 0.25) is 0 Å². The van der Waals surface area contributed by atoms with E-state index in [2.05, 4.69) is 38.0 Å². The van der Waals surface area contributed by atoms with Crippen molar-refractivity contribution < 1.29 is 4.74 Å². The van der Waals surface area contributed by atoms with E-state index in [1.807, 2.05) is 18.2 Å². The Balaban J connectivity index is 2.48. The SMILES string of the molecule is CCCOCc1cccc(CNC(C)(C)C)n1. The van der Waals surface area contributed by atoms with Gasteiger partial charge in [0.15, 0.2) is 0 Å². The fraction of sp³-hybridized carbons (Fsp3) is 0.643. The van der Waals surface area contributed by atoms with E-state index in [1.54, 1.807) is 0 Å². The molecule has 1 rings (SSSR count). The smallest absolute Gasteiger partial charge is 0.0887 e. The number of pyridine rings is 1. The van der Waals surface area contributed by atoms with Crippen molar-refractivity contribution >= 4 is 0 Å². The van der Waals surface area contributed by atoms with E-state index < -0.39 is 0 Å². The Labute approximate surface area is 105 Å². The van der Waals surface area contributed by atoms with Gasteiger partial charge in [-0.1, -0.05) is 13.0 Å². The summed E-state index contributed by atoms with van der Waals surface area (Å²) in [7, 11) is 0. The first-order valence-electron chi connectivity index (χ1n) is 6.29. The Morgan fingerprint density at radius 1 is 1.24 bits per heavy atom. The van der Waals surface area contributed by atoms with Gasteiger partial charge < -0.3 is 10.1 Å². The Morgan fingerprint density at radius 3 is 2.59 bits per heavy atom. The number of hydrogen-bond donors (Lipinski definition) is 1. The van der Waals surface area contributed by atoms with Crippen molar-refractivity contribution in [2.75, 3.05) is 6.61 Å². The number of hydrogen-bond acceptors (Lipinski definition) is 3. The molecule has 3 heteroatoms. The van der Waals surface area contributed by atoms with E-state index >= 15 is 0 Å². The zero-order valence-electron chi connectivity index (χ0n) is 11.4. The summed E-state index contributed by atoms with van der Waals surface area (Å²) in [5, 5.41) is 3.43. The summed E-state index contributed by atoms with van der Waals surface area (Å²) in [5.41, 5.74) is 2.19. The summed E-state index contributed by atoms with van der Waals surface area (Å²) >= 11 is 0. The molecule has 0 amide bonds. The predicted molar refractivity (Wildman–Crippen MR) is 70.8 cm³/mol. The summed E-state index contributed by atoms with van der Waals surface area (Å²) in [6.45, 7) is 10.8. The fourth-order valence-electron chi connectivity index (χ4n) is 1.38. The lowest BCUT2D eigenvalue weighted by Gasteiger charge is -2.20. The molecule has 0 aliphatic carbocycles. The maximum atomic E-state index is 5.49. The lowest BCUT2D eigenvalue weighted by molar-refractivity contribution is 0.119. The molecule has 96 valence electrons. The largest absolute Gasteiger partial charge is 0.375 e. The van der Waals surface area contributed by atoms with Gasteiger partial charge in [0, 0.05) is 18.7 Å². The van der Waals surface area contributed by atoms with Gasteiger partial charge in [-0.15, -0.1) is 0 Å². The monoisotopic (exact) mass is 236 g/mol. The Bertz CT molecular complexity index is 331. The van der Waals surface area contributed by atoms with E-state index in [0.717, 1.165) is 31.0 Å². The molecule has 3 nitrogen and oxygen atoms in total. The van der Waals surface area contributed by atoms with E-state index in [1.165, 1.54) is 0 Å². The highest BCUT2D eigenvalue weighted by atomic mass is 16.5. The standard InChI is InChI=1S/C14H24N2O/c1-5-9-17-11-13-8-6-7-12(16-13)10-15-14(2,3)4/h6-8,15H,5,9-11H2,1-4H3. The van der Waals surface area contributed by atoms with Crippen LogP contribution in [0.5, 0.6) is 0 Å². The molecule has 0 spiro atoms. The van der Waals surface area contributed by atoms with Gasteiger partial charge in [-0.3, -0.25) is 4.98 Å².